The van der Waals surface area contributed by atoms with E-state index in [2.05, 4.69) is 27.1 Å². The van der Waals surface area contributed by atoms with Gasteiger partial charge in [0, 0.05) is 24.2 Å². The molecule has 4 heterocycles. The predicted octanol–water partition coefficient (Wildman–Crippen LogP) is 3.56. The molecule has 0 saturated heterocycles. The van der Waals surface area contributed by atoms with E-state index in [9.17, 15) is 0 Å². The lowest BCUT2D eigenvalue weighted by Crippen LogP contribution is -1.98. The maximum Gasteiger partial charge on any atom is 0.107 e. The largest absolute Gasteiger partial charge is 0.342 e. The Balaban J connectivity index is 1.47. The van der Waals surface area contributed by atoms with Gasteiger partial charge in [-0.25, -0.2) is 9.50 Å². The van der Waals surface area contributed by atoms with Crippen LogP contribution in [0, 0.1) is 13.8 Å². The third-order valence-corrected chi connectivity index (χ3v) is 4.81. The van der Waals surface area contributed by atoms with Crippen LogP contribution < -0.4 is 0 Å². The van der Waals surface area contributed by atoms with E-state index in [-0.39, 0.29) is 0 Å². The Morgan fingerprint density at radius 2 is 2.00 bits per heavy atom. The molecule has 1 N–H and O–H groups in total. The number of hydrogen-bond acceptors (Lipinski definition) is 4. The summed E-state index contributed by atoms with van der Waals surface area (Å²) in [5.74, 6) is 0.972. The van der Waals surface area contributed by atoms with Crippen LogP contribution in [0.1, 0.15) is 22.9 Å². The number of nitrogens with one attached hydrogen (secondary N) is 1. The highest BCUT2D eigenvalue weighted by atomic mass is 15.2. The summed E-state index contributed by atoms with van der Waals surface area (Å²) in [6, 6.07) is 10.2. The Bertz CT molecular complexity index is 1220. The summed E-state index contributed by atoms with van der Waals surface area (Å²) < 4.78 is 1.97. The maximum absolute atomic E-state index is 4.80. The van der Waals surface area contributed by atoms with E-state index in [0.29, 0.717) is 0 Å². The molecule has 0 atom stereocenters. The van der Waals surface area contributed by atoms with Gasteiger partial charge in [0.1, 0.15) is 5.82 Å². The quantitative estimate of drug-likeness (QED) is 0.544. The normalized spacial score (nSPS) is 11.8. The highest BCUT2D eigenvalue weighted by Crippen LogP contribution is 2.22. The first-order chi connectivity index (χ1) is 12.7. The van der Waals surface area contributed by atoms with Gasteiger partial charge in [-0.3, -0.25) is 9.97 Å². The molecule has 26 heavy (non-hydrogen) atoms. The first-order valence-electron chi connectivity index (χ1n) is 8.72. The second-order valence-electron chi connectivity index (χ2n) is 6.63. The minimum absolute atomic E-state index is 0.811. The van der Waals surface area contributed by atoms with Crippen LogP contribution in [0.5, 0.6) is 0 Å². The van der Waals surface area contributed by atoms with E-state index in [0.717, 1.165) is 63.2 Å². The Kier molecular flexibility index (Phi) is 3.25. The number of benzene rings is 1. The molecule has 0 spiro atoms. The van der Waals surface area contributed by atoms with Crippen molar-refractivity contribution >= 4 is 27.5 Å². The number of aromatic amines is 1. The number of aryl methyl sites for hydroxylation is 4. The van der Waals surface area contributed by atoms with Crippen molar-refractivity contribution in [3.63, 3.8) is 0 Å². The second-order valence-corrected chi connectivity index (χ2v) is 6.63. The van der Waals surface area contributed by atoms with Crippen LogP contribution in [-0.4, -0.2) is 29.5 Å². The lowest BCUT2D eigenvalue weighted by atomic mass is 10.2. The smallest absolute Gasteiger partial charge is 0.107 e. The number of fused-ring (bicyclic) bond motifs is 4. The van der Waals surface area contributed by atoms with Crippen LogP contribution in [0.25, 0.3) is 27.5 Å². The second kappa shape index (κ2) is 5.62. The molecule has 1 aromatic carbocycles. The third kappa shape index (κ3) is 2.34. The molecule has 4 aromatic heterocycles. The lowest BCUT2D eigenvalue weighted by Gasteiger charge is -1.99. The summed E-state index contributed by atoms with van der Waals surface area (Å²) in [6.45, 7) is 4.03. The Morgan fingerprint density at radius 1 is 1.08 bits per heavy atom. The van der Waals surface area contributed by atoms with Gasteiger partial charge in [-0.15, -0.1) is 0 Å². The predicted molar refractivity (Wildman–Crippen MR) is 101 cm³/mol. The Morgan fingerprint density at radius 3 is 2.88 bits per heavy atom. The van der Waals surface area contributed by atoms with E-state index in [1.807, 2.05) is 49.0 Å². The number of H-pyrrole nitrogens is 1. The molecule has 5 aromatic rings. The van der Waals surface area contributed by atoms with Gasteiger partial charge >= 0.3 is 0 Å². The zero-order valence-corrected chi connectivity index (χ0v) is 14.7. The van der Waals surface area contributed by atoms with Crippen LogP contribution in [-0.2, 0) is 12.8 Å². The van der Waals surface area contributed by atoms with Crippen molar-refractivity contribution in [3.05, 3.63) is 65.6 Å². The van der Waals surface area contributed by atoms with Crippen molar-refractivity contribution in [2.24, 2.45) is 0 Å². The van der Waals surface area contributed by atoms with Gasteiger partial charge in [0.05, 0.1) is 39.1 Å². The molecule has 128 valence electrons. The van der Waals surface area contributed by atoms with Gasteiger partial charge in [-0.2, -0.15) is 5.10 Å². The molecule has 6 heteroatoms. The average Bonchev–Trinajstić information content (AvgIpc) is 3.28. The molecule has 0 unspecified atom stereocenters. The van der Waals surface area contributed by atoms with E-state index >= 15 is 0 Å². The number of imidazole rings is 1. The summed E-state index contributed by atoms with van der Waals surface area (Å²) >= 11 is 0. The summed E-state index contributed by atoms with van der Waals surface area (Å²) in [7, 11) is 0. The van der Waals surface area contributed by atoms with Crippen molar-refractivity contribution in [2.75, 3.05) is 0 Å². The van der Waals surface area contributed by atoms with Gasteiger partial charge in [-0.05, 0) is 50.6 Å². The molecular formula is C20H18N6. The molecule has 0 aliphatic rings. The molecule has 0 fully saturated rings. The molecule has 5 rings (SSSR count). The van der Waals surface area contributed by atoms with Gasteiger partial charge in [0.15, 0.2) is 0 Å². The summed E-state index contributed by atoms with van der Waals surface area (Å²) in [5.41, 5.74) is 7.16. The average molecular weight is 342 g/mol. The number of hydrogen-bond donors (Lipinski definition) is 1. The highest BCUT2D eigenvalue weighted by Gasteiger charge is 2.10. The monoisotopic (exact) mass is 342 g/mol. The van der Waals surface area contributed by atoms with E-state index in [1.54, 1.807) is 0 Å². The van der Waals surface area contributed by atoms with Crippen molar-refractivity contribution in [1.82, 2.24) is 29.5 Å². The summed E-state index contributed by atoms with van der Waals surface area (Å²) in [4.78, 5) is 17.0. The van der Waals surface area contributed by atoms with E-state index < -0.39 is 0 Å². The number of pyridine rings is 1. The van der Waals surface area contributed by atoms with E-state index in [1.165, 1.54) is 0 Å². The fourth-order valence-electron chi connectivity index (χ4n) is 3.43. The van der Waals surface area contributed by atoms with Crippen molar-refractivity contribution in [2.45, 2.75) is 26.7 Å². The van der Waals surface area contributed by atoms with Crippen LogP contribution >= 0.6 is 0 Å². The van der Waals surface area contributed by atoms with Gasteiger partial charge in [0.25, 0.3) is 0 Å². The van der Waals surface area contributed by atoms with Crippen molar-refractivity contribution < 1.29 is 0 Å². The lowest BCUT2D eigenvalue weighted by molar-refractivity contribution is 0.809. The fourth-order valence-corrected chi connectivity index (χ4v) is 3.43. The molecule has 0 bridgehead atoms. The first kappa shape index (κ1) is 15.0. The van der Waals surface area contributed by atoms with Crippen LogP contribution in [0.4, 0.5) is 0 Å². The van der Waals surface area contributed by atoms with Crippen molar-refractivity contribution in [1.29, 1.82) is 0 Å². The van der Waals surface area contributed by atoms with Gasteiger partial charge < -0.3 is 4.98 Å². The summed E-state index contributed by atoms with van der Waals surface area (Å²) in [6.07, 6.45) is 5.31. The number of rotatable bonds is 3. The van der Waals surface area contributed by atoms with Crippen LogP contribution in [0.3, 0.4) is 0 Å². The molecule has 6 nitrogen and oxygen atoms in total. The minimum atomic E-state index is 0.811. The minimum Gasteiger partial charge on any atom is -0.342 e. The molecule has 0 saturated carbocycles. The molecule has 0 aliphatic carbocycles. The zero-order valence-electron chi connectivity index (χ0n) is 14.7. The van der Waals surface area contributed by atoms with Crippen molar-refractivity contribution in [3.8, 4) is 0 Å². The Labute approximate surface area is 149 Å². The summed E-state index contributed by atoms with van der Waals surface area (Å²) in [5, 5.41) is 5.80. The molecular weight excluding hydrogens is 324 g/mol. The standard InChI is InChI=1S/C20H18N6/c1-12-11-22-13(2)18-10-14(25-26(12)18)5-8-19-23-17-7-6-16-15(20(17)24-19)4-3-9-21-16/h3-4,6-7,9-11H,5,8H2,1-2H3,(H,23,24). The van der Waals surface area contributed by atoms with Crippen LogP contribution in [0.15, 0.2) is 42.7 Å². The van der Waals surface area contributed by atoms with Gasteiger partial charge in [0.2, 0.25) is 0 Å². The van der Waals surface area contributed by atoms with E-state index in [4.69, 9.17) is 10.1 Å². The third-order valence-electron chi connectivity index (χ3n) is 4.81. The zero-order chi connectivity index (χ0) is 17.7. The van der Waals surface area contributed by atoms with Gasteiger partial charge in [-0.1, -0.05) is 0 Å². The maximum atomic E-state index is 4.80. The molecule has 0 aliphatic heterocycles. The topological polar surface area (TPSA) is 71.8 Å². The number of aromatic nitrogens is 6. The number of nitrogens with zero attached hydrogens (tertiary/aromatic N) is 5. The SMILES string of the molecule is Cc1ncc(C)n2nc(CCc3nc4c(ccc5ncccc54)[nH]3)cc12. The Hall–Kier alpha value is -3.28. The molecule has 0 amide bonds. The highest BCUT2D eigenvalue weighted by molar-refractivity contribution is 6.02. The first-order valence-corrected chi connectivity index (χ1v) is 8.72. The molecule has 0 radical (unpaired) electrons. The van der Waals surface area contributed by atoms with Crippen LogP contribution in [0.2, 0.25) is 0 Å². The fraction of sp³-hybridized carbons (Fsp3) is 0.200.